The second-order valence-electron chi connectivity index (χ2n) is 8.16. The van der Waals surface area contributed by atoms with Gasteiger partial charge < -0.3 is 0 Å². The van der Waals surface area contributed by atoms with Crippen molar-refractivity contribution in [1.29, 1.82) is 0 Å². The molecule has 0 aliphatic carbocycles. The van der Waals surface area contributed by atoms with Crippen molar-refractivity contribution in [2.45, 2.75) is 0 Å². The third kappa shape index (κ3) is 7.81. The van der Waals surface area contributed by atoms with Crippen LogP contribution in [0.3, 0.4) is 0 Å². The summed E-state index contributed by atoms with van der Waals surface area (Å²) in [7, 11) is 0. The second kappa shape index (κ2) is 15.8. The third-order valence-corrected chi connectivity index (χ3v) is 8.50. The molecule has 1 aliphatic heterocycles. The van der Waals surface area contributed by atoms with Crippen molar-refractivity contribution in [2.75, 3.05) is 0 Å². The smallest absolute Gasteiger partial charge is 1.00 e. The number of carboxylic acid groups (broad SMARTS) is 2. The number of aliphatic carboxylic acids is 2. The summed E-state index contributed by atoms with van der Waals surface area (Å²) in [6.45, 7) is 0. The Balaban J connectivity index is 0.00000205. The van der Waals surface area contributed by atoms with E-state index in [1.54, 1.807) is 42.5 Å². The topological polar surface area (TPSA) is 165 Å². The van der Waals surface area contributed by atoms with Crippen molar-refractivity contribution in [2.24, 2.45) is 0 Å². The fourth-order valence-corrected chi connectivity index (χ4v) is 6.75. The molecule has 42 heavy (non-hydrogen) atoms. The van der Waals surface area contributed by atoms with Crippen molar-refractivity contribution in [3.63, 3.8) is 0 Å². The van der Waals surface area contributed by atoms with E-state index < -0.39 is 56.7 Å². The largest absolute Gasteiger partial charge is 1.00 e. The van der Waals surface area contributed by atoms with Crippen LogP contribution in [0.5, 0.6) is 11.5 Å². The molecular formula is C28H14Na3O10Sb. The summed E-state index contributed by atoms with van der Waals surface area (Å²) in [5, 5.41) is 36.8. The van der Waals surface area contributed by atoms with E-state index in [9.17, 15) is 34.5 Å². The van der Waals surface area contributed by atoms with Crippen LogP contribution in [-0.2, 0) is 15.6 Å². The van der Waals surface area contributed by atoms with Crippen molar-refractivity contribution in [1.82, 2.24) is 0 Å². The molecule has 0 spiro atoms. The van der Waals surface area contributed by atoms with Gasteiger partial charge in [-0.1, -0.05) is 0 Å². The van der Waals surface area contributed by atoms with E-state index in [1.807, 2.05) is 0 Å². The Labute approximate surface area is 313 Å². The van der Waals surface area contributed by atoms with Gasteiger partial charge in [0.1, 0.15) is 0 Å². The Bertz CT molecular complexity index is 1770. The number of fused-ring (bicyclic) bond motifs is 3. The summed E-state index contributed by atoms with van der Waals surface area (Å²) >= 11 is -4.13. The molecule has 0 aromatic heterocycles. The fraction of sp³-hybridized carbons (Fsp3) is 0. The van der Waals surface area contributed by atoms with Gasteiger partial charge in [-0.2, -0.15) is 0 Å². The maximum Gasteiger partial charge on any atom is 1.00 e. The molecule has 4 aromatic carbocycles. The average molecular weight is 701 g/mol. The number of benzene rings is 4. The van der Waals surface area contributed by atoms with Gasteiger partial charge in [0, 0.05) is 0 Å². The number of carboxylic acids is 2. The number of hydrogen-bond donors (Lipinski definition) is 0. The van der Waals surface area contributed by atoms with Gasteiger partial charge in [0.05, 0.1) is 0 Å². The Morgan fingerprint density at radius 3 is 2.05 bits per heavy atom. The normalized spacial score (nSPS) is 12.4. The maximum absolute atomic E-state index is 13.1. The number of hydrogen-bond acceptors (Lipinski definition) is 10. The minimum absolute atomic E-state index is 0. The molecule has 1 aliphatic rings. The molecule has 0 fully saturated rings. The van der Waals surface area contributed by atoms with Crippen molar-refractivity contribution in [3.8, 4) is 11.5 Å². The van der Waals surface area contributed by atoms with Crippen LogP contribution >= 0.6 is 0 Å². The number of rotatable bonds is 6. The standard InChI is InChI=1S/C14H10O6.C14H10O4.3Na.Sb/c15-10(16)6-5-9-7-3-1-2-4-8(7)12(17)11(13(9)18)14(19)20;15-13(16)6-5-10-8-11(14(17)18)7-9-3-1-2-4-12(9)10;;;;/h1-6,17-18H,(H,15,16)(H,19,20);1-8H,(H,15,16)(H,17,18);;;;/q;;3*+1;+3/p-6/b2*6-5+;;;;. The molecule has 1 heterocycles. The summed E-state index contributed by atoms with van der Waals surface area (Å²) in [4.78, 5) is 48.0. The Hall–Kier alpha value is -1.82. The van der Waals surface area contributed by atoms with E-state index in [0.717, 1.165) is 18.2 Å². The van der Waals surface area contributed by atoms with Crippen LogP contribution in [-0.4, -0.2) is 45.3 Å². The summed E-state index contributed by atoms with van der Waals surface area (Å²) in [5.41, 5.74) is 0.109. The molecule has 5 rings (SSSR count). The molecule has 0 radical (unpaired) electrons. The average Bonchev–Trinajstić information content (AvgIpc) is 2.91. The van der Waals surface area contributed by atoms with Crippen LogP contribution in [0, 0.1) is 0 Å². The van der Waals surface area contributed by atoms with Crippen LogP contribution < -0.4 is 107 Å². The van der Waals surface area contributed by atoms with Crippen LogP contribution in [0.4, 0.5) is 0 Å². The Morgan fingerprint density at radius 2 is 1.38 bits per heavy atom. The van der Waals surface area contributed by atoms with Crippen LogP contribution in [0.1, 0.15) is 31.8 Å². The quantitative estimate of drug-likeness (QED) is 0.139. The van der Waals surface area contributed by atoms with Gasteiger partial charge in [-0.3, -0.25) is 0 Å². The van der Waals surface area contributed by atoms with Gasteiger partial charge >= 0.3 is 318 Å². The fourth-order valence-electron chi connectivity index (χ4n) is 4.13. The van der Waals surface area contributed by atoms with Gasteiger partial charge in [-0.25, -0.2) is 0 Å². The zero-order chi connectivity index (χ0) is 27.7. The van der Waals surface area contributed by atoms with Gasteiger partial charge in [-0.15, -0.1) is 0 Å². The Kier molecular flexibility index (Phi) is 13.7. The van der Waals surface area contributed by atoms with Crippen molar-refractivity contribution in [3.05, 3.63) is 95.1 Å². The predicted molar refractivity (Wildman–Crippen MR) is 133 cm³/mol. The monoisotopic (exact) mass is 700 g/mol. The molecule has 0 amide bonds. The summed E-state index contributed by atoms with van der Waals surface area (Å²) in [6.07, 6.45) is 3.96. The minimum atomic E-state index is -4.13. The summed E-state index contributed by atoms with van der Waals surface area (Å²) < 4.78 is 16.5. The van der Waals surface area contributed by atoms with E-state index in [0.29, 0.717) is 21.7 Å². The maximum atomic E-state index is 13.1. The molecule has 194 valence electrons. The molecule has 4 aromatic rings. The molecule has 0 saturated heterocycles. The first-order chi connectivity index (χ1) is 18.7. The van der Waals surface area contributed by atoms with Crippen LogP contribution in [0.2, 0.25) is 0 Å². The van der Waals surface area contributed by atoms with E-state index in [-0.39, 0.29) is 111 Å². The summed E-state index contributed by atoms with van der Waals surface area (Å²) in [5.74, 6) is -5.81. The van der Waals surface area contributed by atoms with Gasteiger partial charge in [0.2, 0.25) is 0 Å². The first-order valence-corrected chi connectivity index (χ1v) is 14.3. The van der Waals surface area contributed by atoms with Crippen LogP contribution in [0.15, 0.2) is 72.8 Å². The third-order valence-electron chi connectivity index (χ3n) is 5.76. The van der Waals surface area contributed by atoms with E-state index >= 15 is 0 Å². The predicted octanol–water partition coefficient (Wildman–Crippen LogP) is -8.00. The number of carbonyl (C=O) groups is 4. The van der Waals surface area contributed by atoms with E-state index in [2.05, 4.69) is 0 Å². The van der Waals surface area contributed by atoms with Gasteiger partial charge in [-0.05, 0) is 0 Å². The first kappa shape index (κ1) is 36.4. The minimum Gasteiger partial charge on any atom is 1.00 e. The second-order valence-corrected chi connectivity index (χ2v) is 11.0. The molecule has 10 nitrogen and oxygen atoms in total. The Morgan fingerprint density at radius 1 is 0.786 bits per heavy atom. The summed E-state index contributed by atoms with van der Waals surface area (Å²) in [6, 6.07) is 16.1. The molecule has 14 heteroatoms. The van der Waals surface area contributed by atoms with Crippen molar-refractivity contribution < 1.29 is 132 Å². The van der Waals surface area contributed by atoms with Gasteiger partial charge in [0.15, 0.2) is 0 Å². The first-order valence-electron chi connectivity index (χ1n) is 11.2. The number of carbonyl (C=O) groups excluding carboxylic acids is 4. The van der Waals surface area contributed by atoms with Crippen molar-refractivity contribution >= 4 is 79.0 Å². The van der Waals surface area contributed by atoms with Crippen LogP contribution in [0.25, 0.3) is 33.7 Å². The molecular weight excluding hydrogens is 687 g/mol. The zero-order valence-electron chi connectivity index (χ0n) is 22.6. The molecule has 0 unspecified atom stereocenters. The van der Waals surface area contributed by atoms with E-state index in [1.165, 1.54) is 24.3 Å². The zero-order valence-corrected chi connectivity index (χ0v) is 31.2. The molecule has 0 N–H and O–H groups in total. The molecule has 0 bridgehead atoms. The SMILES string of the molecule is O=C([O-])/C=C/c1cc(C(=O)[O][Sb]2[O]C(=O)c3c(c(/C=C/C(=O)[O-])c4ccccc4c3[O-])[O]2)cc2ccccc12.[Na+].[Na+].[Na+]. The van der Waals surface area contributed by atoms with E-state index in [4.69, 9.17) is 9.05 Å². The molecule has 0 atom stereocenters. The van der Waals surface area contributed by atoms with Gasteiger partial charge in [0.25, 0.3) is 0 Å². The molecule has 0 saturated carbocycles.